The molecule has 0 unspecified atom stereocenters. The van der Waals surface area contributed by atoms with Crippen LogP contribution in [0.25, 0.3) is 0 Å². The molecule has 6 heteroatoms. The third kappa shape index (κ3) is 1.35. The van der Waals surface area contributed by atoms with E-state index in [9.17, 15) is 10.1 Å². The summed E-state index contributed by atoms with van der Waals surface area (Å²) in [5.41, 5.74) is 0.204. The Kier molecular flexibility index (Phi) is 1.86. The van der Waals surface area contributed by atoms with Gasteiger partial charge in [0.25, 0.3) is 0 Å². The van der Waals surface area contributed by atoms with Crippen molar-refractivity contribution in [2.24, 2.45) is 0 Å². The van der Waals surface area contributed by atoms with Crippen molar-refractivity contribution in [2.45, 2.75) is 13.0 Å². The summed E-state index contributed by atoms with van der Waals surface area (Å²) in [6.07, 6.45) is 0.372. The summed E-state index contributed by atoms with van der Waals surface area (Å²) < 4.78 is 0. The second kappa shape index (κ2) is 2.67. The average molecular weight is 157 g/mol. The molecular formula is C5H7N3O3. The molecule has 0 aliphatic carbocycles. The van der Waals surface area contributed by atoms with E-state index in [2.05, 4.69) is 10.2 Å². The van der Waals surface area contributed by atoms with Gasteiger partial charge in [0.15, 0.2) is 0 Å². The minimum atomic E-state index is -0.867. The fraction of sp³-hybridized carbons (Fsp3) is 0.400. The van der Waals surface area contributed by atoms with Crippen LogP contribution < -0.4 is 0 Å². The molecule has 60 valence electrons. The monoisotopic (exact) mass is 157 g/mol. The summed E-state index contributed by atoms with van der Waals surface area (Å²) in [5, 5.41) is 24.8. The van der Waals surface area contributed by atoms with Crippen LogP contribution in [0.1, 0.15) is 18.6 Å². The molecule has 0 radical (unpaired) electrons. The highest BCUT2D eigenvalue weighted by Crippen LogP contribution is 2.20. The first-order valence-corrected chi connectivity index (χ1v) is 2.98. The second-order valence-electron chi connectivity index (χ2n) is 2.11. The predicted octanol–water partition coefficient (Wildman–Crippen LogP) is 0.371. The Labute approximate surface area is 62.0 Å². The molecule has 0 saturated carbocycles. The first-order chi connectivity index (χ1) is 5.13. The van der Waals surface area contributed by atoms with Crippen LogP contribution in [0.5, 0.6) is 0 Å². The SMILES string of the molecule is C[C@H](O)c1cn[nH]c1[N+](=O)[O-]. The summed E-state index contributed by atoms with van der Waals surface area (Å²) in [4.78, 5) is 9.59. The quantitative estimate of drug-likeness (QED) is 0.479. The molecule has 0 aromatic carbocycles. The summed E-state index contributed by atoms with van der Waals surface area (Å²) in [6, 6.07) is 0. The van der Waals surface area contributed by atoms with Crippen molar-refractivity contribution in [2.75, 3.05) is 0 Å². The van der Waals surface area contributed by atoms with Gasteiger partial charge in [0.1, 0.15) is 0 Å². The van der Waals surface area contributed by atoms with Crippen LogP contribution in [-0.4, -0.2) is 20.2 Å². The van der Waals surface area contributed by atoms with Crippen LogP contribution in [0, 0.1) is 10.1 Å². The Hall–Kier alpha value is -1.43. The second-order valence-corrected chi connectivity index (χ2v) is 2.11. The third-order valence-corrected chi connectivity index (χ3v) is 1.28. The summed E-state index contributed by atoms with van der Waals surface area (Å²) in [7, 11) is 0. The van der Waals surface area contributed by atoms with Crippen LogP contribution in [0.3, 0.4) is 0 Å². The topological polar surface area (TPSA) is 92.1 Å². The van der Waals surface area contributed by atoms with E-state index in [1.165, 1.54) is 13.1 Å². The molecule has 11 heavy (non-hydrogen) atoms. The first-order valence-electron chi connectivity index (χ1n) is 2.98. The Morgan fingerprint density at radius 2 is 2.55 bits per heavy atom. The highest BCUT2D eigenvalue weighted by Gasteiger charge is 2.18. The molecule has 6 nitrogen and oxygen atoms in total. The zero-order valence-corrected chi connectivity index (χ0v) is 5.81. The Morgan fingerprint density at radius 1 is 1.91 bits per heavy atom. The summed E-state index contributed by atoms with van der Waals surface area (Å²) >= 11 is 0. The lowest BCUT2D eigenvalue weighted by molar-refractivity contribution is -0.390. The van der Waals surface area contributed by atoms with E-state index in [-0.39, 0.29) is 11.4 Å². The number of aromatic nitrogens is 2. The molecule has 2 N–H and O–H groups in total. The van der Waals surface area contributed by atoms with Gasteiger partial charge in [-0.3, -0.25) is 0 Å². The molecule has 0 aliphatic rings. The lowest BCUT2D eigenvalue weighted by Crippen LogP contribution is -1.96. The number of nitro groups is 1. The number of H-pyrrole nitrogens is 1. The van der Waals surface area contributed by atoms with Crippen molar-refractivity contribution >= 4 is 5.82 Å². The number of nitrogens with one attached hydrogen (secondary N) is 1. The van der Waals surface area contributed by atoms with E-state index < -0.39 is 11.0 Å². The van der Waals surface area contributed by atoms with Crippen molar-refractivity contribution in [1.29, 1.82) is 0 Å². The van der Waals surface area contributed by atoms with Crippen molar-refractivity contribution < 1.29 is 10.0 Å². The molecule has 0 fully saturated rings. The average Bonchev–Trinajstić information content (AvgIpc) is 2.32. The maximum Gasteiger partial charge on any atom is 0.348 e. The molecule has 0 aliphatic heterocycles. The summed E-state index contributed by atoms with van der Waals surface area (Å²) in [5.74, 6) is -0.250. The van der Waals surface area contributed by atoms with Gasteiger partial charge in [-0.2, -0.15) is 0 Å². The molecular weight excluding hydrogens is 150 g/mol. The zero-order valence-electron chi connectivity index (χ0n) is 5.81. The number of aliphatic hydroxyl groups is 1. The summed E-state index contributed by atoms with van der Waals surface area (Å²) in [6.45, 7) is 1.44. The number of hydrogen-bond acceptors (Lipinski definition) is 4. The number of hydrogen-bond donors (Lipinski definition) is 2. The van der Waals surface area contributed by atoms with E-state index in [4.69, 9.17) is 5.11 Å². The van der Waals surface area contributed by atoms with Crippen molar-refractivity contribution in [3.05, 3.63) is 21.9 Å². The van der Waals surface area contributed by atoms with Crippen molar-refractivity contribution in [3.63, 3.8) is 0 Å². The highest BCUT2D eigenvalue weighted by atomic mass is 16.6. The predicted molar refractivity (Wildman–Crippen MR) is 35.9 cm³/mol. The molecule has 1 heterocycles. The van der Waals surface area contributed by atoms with Gasteiger partial charge in [-0.15, -0.1) is 5.10 Å². The van der Waals surface area contributed by atoms with Crippen LogP contribution in [-0.2, 0) is 0 Å². The fourth-order valence-corrected chi connectivity index (χ4v) is 0.741. The molecule has 1 atom stereocenters. The molecule has 0 amide bonds. The van der Waals surface area contributed by atoms with Crippen LogP contribution in [0.2, 0.25) is 0 Å². The first kappa shape index (κ1) is 7.67. The van der Waals surface area contributed by atoms with Gasteiger partial charge in [0.2, 0.25) is 0 Å². The third-order valence-electron chi connectivity index (χ3n) is 1.28. The van der Waals surface area contributed by atoms with E-state index in [1.807, 2.05) is 0 Å². The van der Waals surface area contributed by atoms with E-state index in [0.717, 1.165) is 0 Å². The Bertz CT molecular complexity index is 268. The molecule has 0 saturated heterocycles. The van der Waals surface area contributed by atoms with Crippen molar-refractivity contribution in [1.82, 2.24) is 10.2 Å². The van der Waals surface area contributed by atoms with Gasteiger partial charge in [-0.25, -0.2) is 0 Å². The molecule has 0 bridgehead atoms. The normalized spacial score (nSPS) is 12.9. The van der Waals surface area contributed by atoms with Gasteiger partial charge in [-0.1, -0.05) is 5.10 Å². The van der Waals surface area contributed by atoms with Gasteiger partial charge in [0.05, 0.1) is 17.9 Å². The largest absolute Gasteiger partial charge is 0.388 e. The van der Waals surface area contributed by atoms with Gasteiger partial charge in [0, 0.05) is 0 Å². The standard InChI is InChI=1S/C5H7N3O3/c1-3(9)4-2-6-7-5(4)8(10)11/h2-3,9H,1H3,(H,6,7)/t3-/m0/s1. The minimum absolute atomic E-state index is 0.204. The highest BCUT2D eigenvalue weighted by molar-refractivity contribution is 5.30. The number of aliphatic hydroxyl groups excluding tert-OH is 1. The van der Waals surface area contributed by atoms with Gasteiger partial charge in [-0.05, 0) is 11.8 Å². The minimum Gasteiger partial charge on any atom is -0.388 e. The lowest BCUT2D eigenvalue weighted by Gasteiger charge is -1.98. The molecule has 1 rings (SSSR count). The van der Waals surface area contributed by atoms with Crippen LogP contribution in [0.4, 0.5) is 5.82 Å². The Balaban J connectivity index is 3.06. The van der Waals surface area contributed by atoms with Gasteiger partial charge >= 0.3 is 5.82 Å². The van der Waals surface area contributed by atoms with E-state index in [1.54, 1.807) is 0 Å². The molecule has 1 aromatic heterocycles. The maximum atomic E-state index is 10.2. The van der Waals surface area contributed by atoms with Crippen LogP contribution in [0.15, 0.2) is 6.20 Å². The number of rotatable bonds is 2. The molecule has 0 spiro atoms. The van der Waals surface area contributed by atoms with Crippen molar-refractivity contribution in [3.8, 4) is 0 Å². The van der Waals surface area contributed by atoms with E-state index >= 15 is 0 Å². The van der Waals surface area contributed by atoms with E-state index in [0.29, 0.717) is 0 Å². The zero-order chi connectivity index (χ0) is 8.43. The lowest BCUT2D eigenvalue weighted by atomic mass is 10.2. The Morgan fingerprint density at radius 3 is 2.91 bits per heavy atom. The molecule has 1 aromatic rings. The number of nitrogens with zero attached hydrogens (tertiary/aromatic N) is 2. The fourth-order valence-electron chi connectivity index (χ4n) is 0.741. The smallest absolute Gasteiger partial charge is 0.348 e. The number of aromatic amines is 1. The van der Waals surface area contributed by atoms with Crippen LogP contribution >= 0.6 is 0 Å². The van der Waals surface area contributed by atoms with Gasteiger partial charge < -0.3 is 15.2 Å². The maximum absolute atomic E-state index is 10.2.